The third kappa shape index (κ3) is 2.71. The van der Waals surface area contributed by atoms with Gasteiger partial charge in [0.25, 0.3) is 0 Å². The minimum Gasteiger partial charge on any atom is -0.307 e. The molecule has 106 valence electrons. The van der Waals surface area contributed by atoms with Gasteiger partial charge in [0, 0.05) is 25.3 Å². The van der Waals surface area contributed by atoms with Crippen molar-refractivity contribution in [2.24, 2.45) is 5.84 Å². The minimum atomic E-state index is -3.55. The highest BCUT2D eigenvalue weighted by atomic mass is 32.2. The van der Waals surface area contributed by atoms with Crippen LogP contribution in [0.25, 0.3) is 0 Å². The summed E-state index contributed by atoms with van der Waals surface area (Å²) in [7, 11) is 0.366. The van der Waals surface area contributed by atoms with Crippen LogP contribution in [-0.2, 0) is 10.0 Å². The number of hydrazine groups is 1. The van der Waals surface area contributed by atoms with E-state index in [1.807, 2.05) is 19.0 Å². The number of nitrogens with zero attached hydrogens (tertiary/aromatic N) is 3. The van der Waals surface area contributed by atoms with Gasteiger partial charge >= 0.3 is 0 Å². The number of hydrogen-bond donors (Lipinski definition) is 2. The van der Waals surface area contributed by atoms with Gasteiger partial charge in [0.2, 0.25) is 10.0 Å². The lowest BCUT2D eigenvalue weighted by Crippen LogP contribution is -2.35. The van der Waals surface area contributed by atoms with Crippen LogP contribution in [0.15, 0.2) is 23.2 Å². The minimum absolute atomic E-state index is 0.122. The quantitative estimate of drug-likeness (QED) is 0.582. The number of rotatable bonds is 4. The van der Waals surface area contributed by atoms with Crippen LogP contribution in [0.5, 0.6) is 0 Å². The molecule has 1 fully saturated rings. The molecule has 0 spiro atoms. The maximum Gasteiger partial charge on any atom is 0.246 e. The fourth-order valence-electron chi connectivity index (χ4n) is 2.20. The van der Waals surface area contributed by atoms with Crippen molar-refractivity contribution in [1.29, 1.82) is 0 Å². The maximum atomic E-state index is 12.6. The predicted octanol–water partition coefficient (Wildman–Crippen LogP) is -0.308. The highest BCUT2D eigenvalue weighted by Crippen LogP contribution is 2.26. The van der Waals surface area contributed by atoms with Gasteiger partial charge in [0.1, 0.15) is 4.90 Å². The standard InChI is InChI=1S/C11H19N5O2S/c1-15(2)9-5-7-16(8-9)19(17,18)10-4-3-6-13-11(10)14-12/h3-4,6,9H,5,7-8,12H2,1-2H3,(H,13,14). The molecule has 1 aromatic heterocycles. The maximum absolute atomic E-state index is 12.6. The van der Waals surface area contributed by atoms with E-state index in [9.17, 15) is 8.42 Å². The molecule has 0 radical (unpaired) electrons. The second kappa shape index (κ2) is 5.41. The van der Waals surface area contributed by atoms with E-state index in [1.54, 1.807) is 6.07 Å². The number of aromatic nitrogens is 1. The molecule has 8 heteroatoms. The monoisotopic (exact) mass is 285 g/mol. The van der Waals surface area contributed by atoms with Gasteiger partial charge in [-0.15, -0.1) is 0 Å². The van der Waals surface area contributed by atoms with Crippen LogP contribution in [0.3, 0.4) is 0 Å². The van der Waals surface area contributed by atoms with Gasteiger partial charge in [0.05, 0.1) is 0 Å². The first kappa shape index (κ1) is 14.2. The SMILES string of the molecule is CN(C)C1CCN(S(=O)(=O)c2cccnc2NN)C1. The molecule has 2 heterocycles. The normalized spacial score (nSPS) is 20.9. The van der Waals surface area contributed by atoms with Crippen LogP contribution in [0.1, 0.15) is 6.42 Å². The second-order valence-electron chi connectivity index (χ2n) is 4.76. The van der Waals surface area contributed by atoms with Gasteiger partial charge in [-0.05, 0) is 32.6 Å². The van der Waals surface area contributed by atoms with Gasteiger partial charge < -0.3 is 10.3 Å². The fourth-order valence-corrected chi connectivity index (χ4v) is 3.80. The molecule has 1 atom stereocenters. The molecule has 1 aliphatic rings. The Labute approximate surface area is 113 Å². The number of anilines is 1. The van der Waals surface area contributed by atoms with Crippen molar-refractivity contribution in [2.75, 3.05) is 32.6 Å². The van der Waals surface area contributed by atoms with Crippen molar-refractivity contribution in [1.82, 2.24) is 14.2 Å². The molecule has 0 saturated carbocycles. The Morgan fingerprint density at radius 2 is 2.26 bits per heavy atom. The Kier molecular flexibility index (Phi) is 4.04. The molecule has 1 unspecified atom stereocenters. The summed E-state index contributed by atoms with van der Waals surface area (Å²) in [6, 6.07) is 3.36. The van der Waals surface area contributed by atoms with Crippen LogP contribution in [0.4, 0.5) is 5.82 Å². The molecule has 1 aliphatic heterocycles. The van der Waals surface area contributed by atoms with E-state index in [0.29, 0.717) is 13.1 Å². The van der Waals surface area contributed by atoms with Crippen molar-refractivity contribution in [3.63, 3.8) is 0 Å². The van der Waals surface area contributed by atoms with Gasteiger partial charge in [-0.25, -0.2) is 19.2 Å². The number of sulfonamides is 1. The number of nitrogen functional groups attached to an aromatic ring is 1. The number of likely N-dealkylation sites (N-methyl/N-ethyl adjacent to an activating group) is 1. The van der Waals surface area contributed by atoms with E-state index in [2.05, 4.69) is 10.4 Å². The van der Waals surface area contributed by atoms with Crippen molar-refractivity contribution in [3.05, 3.63) is 18.3 Å². The van der Waals surface area contributed by atoms with E-state index in [-0.39, 0.29) is 16.8 Å². The number of hydrogen-bond acceptors (Lipinski definition) is 6. The molecule has 7 nitrogen and oxygen atoms in total. The van der Waals surface area contributed by atoms with Gasteiger partial charge in [0.15, 0.2) is 5.82 Å². The third-order valence-corrected chi connectivity index (χ3v) is 5.28. The van der Waals surface area contributed by atoms with Crippen LogP contribution >= 0.6 is 0 Å². The van der Waals surface area contributed by atoms with Crippen LogP contribution in [0.2, 0.25) is 0 Å². The van der Waals surface area contributed by atoms with Crippen molar-refractivity contribution < 1.29 is 8.42 Å². The van der Waals surface area contributed by atoms with Gasteiger partial charge in [-0.1, -0.05) is 0 Å². The van der Waals surface area contributed by atoms with Crippen LogP contribution < -0.4 is 11.3 Å². The molecule has 1 aromatic rings. The molecule has 19 heavy (non-hydrogen) atoms. The number of nitrogens with two attached hydrogens (primary N) is 1. The summed E-state index contributed by atoms with van der Waals surface area (Å²) >= 11 is 0. The van der Waals surface area contributed by atoms with E-state index in [4.69, 9.17) is 5.84 Å². The molecular weight excluding hydrogens is 266 g/mol. The predicted molar refractivity (Wildman–Crippen MR) is 72.9 cm³/mol. The van der Waals surface area contributed by atoms with Crippen LogP contribution in [0, 0.1) is 0 Å². The van der Waals surface area contributed by atoms with Gasteiger partial charge in [-0.2, -0.15) is 4.31 Å². The summed E-state index contributed by atoms with van der Waals surface area (Å²) in [6.45, 7) is 1.01. The Bertz CT molecular complexity index is 546. The zero-order valence-electron chi connectivity index (χ0n) is 11.1. The topological polar surface area (TPSA) is 91.6 Å². The summed E-state index contributed by atoms with van der Waals surface area (Å²) in [4.78, 5) is 6.10. The van der Waals surface area contributed by atoms with Crippen molar-refractivity contribution in [2.45, 2.75) is 17.4 Å². The third-order valence-electron chi connectivity index (χ3n) is 3.38. The Hall–Kier alpha value is -1.22. The van der Waals surface area contributed by atoms with Crippen LogP contribution in [-0.4, -0.2) is 55.8 Å². The summed E-state index contributed by atoms with van der Waals surface area (Å²) in [6.07, 6.45) is 2.33. The smallest absolute Gasteiger partial charge is 0.246 e. The Morgan fingerprint density at radius 3 is 2.84 bits per heavy atom. The largest absolute Gasteiger partial charge is 0.307 e. The number of pyridine rings is 1. The Balaban J connectivity index is 2.29. The van der Waals surface area contributed by atoms with Crippen molar-refractivity contribution in [3.8, 4) is 0 Å². The highest BCUT2D eigenvalue weighted by molar-refractivity contribution is 7.89. The zero-order chi connectivity index (χ0) is 14.0. The fraction of sp³-hybridized carbons (Fsp3) is 0.545. The van der Waals surface area contributed by atoms with Crippen molar-refractivity contribution >= 4 is 15.8 Å². The number of nitrogens with one attached hydrogen (secondary N) is 1. The lowest BCUT2D eigenvalue weighted by Gasteiger charge is -2.20. The summed E-state index contributed by atoms with van der Waals surface area (Å²) in [5, 5.41) is 0. The lowest BCUT2D eigenvalue weighted by molar-refractivity contribution is 0.302. The molecule has 1 saturated heterocycles. The molecule has 2 rings (SSSR count). The average Bonchev–Trinajstić information content (AvgIpc) is 2.89. The van der Waals surface area contributed by atoms with E-state index in [0.717, 1.165) is 6.42 Å². The zero-order valence-corrected chi connectivity index (χ0v) is 11.9. The highest BCUT2D eigenvalue weighted by Gasteiger charge is 2.34. The molecular formula is C11H19N5O2S. The van der Waals surface area contributed by atoms with E-state index >= 15 is 0 Å². The average molecular weight is 285 g/mol. The molecule has 0 bridgehead atoms. The summed E-state index contributed by atoms with van der Waals surface area (Å²) in [5.41, 5.74) is 2.33. The first-order chi connectivity index (χ1) is 8.96. The van der Waals surface area contributed by atoms with E-state index < -0.39 is 10.0 Å². The molecule has 0 amide bonds. The summed E-state index contributed by atoms with van der Waals surface area (Å²) < 4.78 is 26.6. The Morgan fingerprint density at radius 1 is 1.53 bits per heavy atom. The first-order valence-corrected chi connectivity index (χ1v) is 7.49. The lowest BCUT2D eigenvalue weighted by atomic mass is 10.2. The summed E-state index contributed by atoms with van der Waals surface area (Å²) in [5.74, 6) is 5.49. The molecule has 0 aliphatic carbocycles. The van der Waals surface area contributed by atoms with Gasteiger partial charge in [-0.3, -0.25) is 0 Å². The molecule has 0 aromatic carbocycles. The molecule has 3 N–H and O–H groups in total. The van der Waals surface area contributed by atoms with E-state index in [1.165, 1.54) is 16.6 Å². The first-order valence-electron chi connectivity index (χ1n) is 6.05. The second-order valence-corrected chi connectivity index (χ2v) is 6.67.